The lowest BCUT2D eigenvalue weighted by molar-refractivity contribution is -0.137. The molecule has 0 saturated heterocycles. The van der Waals surface area contributed by atoms with Crippen LogP contribution in [-0.2, 0) is 6.18 Å². The summed E-state index contributed by atoms with van der Waals surface area (Å²) in [7, 11) is 0. The van der Waals surface area contributed by atoms with Gasteiger partial charge in [0, 0.05) is 17.3 Å². The molecule has 2 nitrogen and oxygen atoms in total. The van der Waals surface area contributed by atoms with Gasteiger partial charge in [-0.25, -0.2) is 0 Å². The van der Waals surface area contributed by atoms with Gasteiger partial charge in [-0.3, -0.25) is 0 Å². The Kier molecular flexibility index (Phi) is 4.21. The summed E-state index contributed by atoms with van der Waals surface area (Å²) in [6, 6.07) is 3.54. The number of alkyl halides is 3. The van der Waals surface area contributed by atoms with E-state index in [2.05, 4.69) is 12.2 Å². The maximum atomic E-state index is 12.8. The molecule has 0 aliphatic heterocycles. The minimum atomic E-state index is -4.40. The molecule has 0 bridgehead atoms. The van der Waals surface area contributed by atoms with Gasteiger partial charge in [-0.1, -0.05) is 24.9 Å². The molecule has 1 saturated carbocycles. The zero-order valence-corrected chi connectivity index (χ0v) is 12.0. The quantitative estimate of drug-likeness (QED) is 0.874. The molecule has 3 N–H and O–H groups in total. The van der Waals surface area contributed by atoms with Crippen LogP contribution in [0.25, 0.3) is 0 Å². The fourth-order valence-electron chi connectivity index (χ4n) is 2.90. The van der Waals surface area contributed by atoms with E-state index in [1.165, 1.54) is 6.07 Å². The Labute approximate surface area is 121 Å². The van der Waals surface area contributed by atoms with Crippen molar-refractivity contribution in [3.05, 3.63) is 28.8 Å². The molecule has 1 fully saturated rings. The van der Waals surface area contributed by atoms with Gasteiger partial charge < -0.3 is 11.1 Å². The molecule has 1 aromatic rings. The summed E-state index contributed by atoms with van der Waals surface area (Å²) in [5, 5.41) is 3.27. The summed E-state index contributed by atoms with van der Waals surface area (Å²) in [6.45, 7) is 2.46. The Morgan fingerprint density at radius 1 is 1.40 bits per heavy atom. The van der Waals surface area contributed by atoms with Gasteiger partial charge in [-0.2, -0.15) is 13.2 Å². The average Bonchev–Trinajstić information content (AvgIpc) is 2.69. The lowest BCUT2D eigenvalue weighted by Crippen LogP contribution is -2.47. The normalized spacial score (nSPS) is 26.8. The van der Waals surface area contributed by atoms with E-state index in [9.17, 15) is 13.2 Å². The number of benzene rings is 1. The zero-order chi connectivity index (χ0) is 15.0. The highest BCUT2D eigenvalue weighted by Crippen LogP contribution is 2.39. The summed E-state index contributed by atoms with van der Waals surface area (Å²) in [5.41, 5.74) is 5.15. The second-order valence-corrected chi connectivity index (χ2v) is 5.94. The molecule has 6 heteroatoms. The van der Waals surface area contributed by atoms with E-state index in [1.807, 2.05) is 0 Å². The van der Waals surface area contributed by atoms with Gasteiger partial charge in [-0.05, 0) is 37.0 Å². The van der Waals surface area contributed by atoms with Crippen molar-refractivity contribution < 1.29 is 13.2 Å². The minimum absolute atomic E-state index is 0.0696. The lowest BCUT2D eigenvalue weighted by atomic mass is 9.88. The second-order valence-electron chi connectivity index (χ2n) is 5.50. The lowest BCUT2D eigenvalue weighted by Gasteiger charge is -2.35. The van der Waals surface area contributed by atoms with E-state index in [1.54, 1.807) is 0 Å². The first kappa shape index (κ1) is 15.4. The first-order valence-corrected chi connectivity index (χ1v) is 7.01. The van der Waals surface area contributed by atoms with Crippen molar-refractivity contribution in [3.63, 3.8) is 0 Å². The topological polar surface area (TPSA) is 38.0 Å². The van der Waals surface area contributed by atoms with Gasteiger partial charge in [0.15, 0.2) is 0 Å². The molecular weight excluding hydrogens is 289 g/mol. The molecule has 0 radical (unpaired) electrons. The van der Waals surface area contributed by atoms with Crippen LogP contribution < -0.4 is 11.1 Å². The summed E-state index contributed by atoms with van der Waals surface area (Å²) >= 11 is 5.80. The predicted molar refractivity (Wildman–Crippen MR) is 74.9 cm³/mol. The largest absolute Gasteiger partial charge is 0.416 e. The van der Waals surface area contributed by atoms with Crippen molar-refractivity contribution in [1.82, 2.24) is 0 Å². The van der Waals surface area contributed by atoms with E-state index in [-0.39, 0.29) is 10.6 Å². The van der Waals surface area contributed by atoms with Crippen molar-refractivity contribution in [1.29, 1.82) is 0 Å². The molecule has 1 aliphatic carbocycles. The number of nitrogens with one attached hydrogen (secondary N) is 1. The molecule has 0 aromatic heterocycles. The molecule has 1 aromatic carbocycles. The molecule has 0 amide bonds. The minimum Gasteiger partial charge on any atom is -0.378 e. The Balaban J connectivity index is 2.31. The van der Waals surface area contributed by atoms with Gasteiger partial charge in [0.25, 0.3) is 0 Å². The van der Waals surface area contributed by atoms with Crippen LogP contribution in [0.4, 0.5) is 18.9 Å². The number of hydrogen-bond donors (Lipinski definition) is 2. The van der Waals surface area contributed by atoms with Crippen LogP contribution in [0.5, 0.6) is 0 Å². The third-order valence-corrected chi connectivity index (χ3v) is 4.40. The third kappa shape index (κ3) is 3.04. The highest BCUT2D eigenvalue weighted by Gasteiger charge is 2.39. The fourth-order valence-corrected chi connectivity index (χ4v) is 3.13. The monoisotopic (exact) mass is 306 g/mol. The number of nitrogens with two attached hydrogens (primary N) is 1. The van der Waals surface area contributed by atoms with Crippen molar-refractivity contribution in [2.45, 2.75) is 37.9 Å². The van der Waals surface area contributed by atoms with Crippen LogP contribution >= 0.6 is 11.6 Å². The fraction of sp³-hybridized carbons (Fsp3) is 0.571. The molecule has 2 unspecified atom stereocenters. The van der Waals surface area contributed by atoms with Crippen LogP contribution in [0, 0.1) is 5.92 Å². The van der Waals surface area contributed by atoms with Crippen LogP contribution in [-0.4, -0.2) is 12.1 Å². The average molecular weight is 307 g/mol. The van der Waals surface area contributed by atoms with Gasteiger partial charge in [-0.15, -0.1) is 0 Å². The zero-order valence-electron chi connectivity index (χ0n) is 11.2. The number of rotatable bonds is 3. The highest BCUT2D eigenvalue weighted by molar-refractivity contribution is 6.30. The van der Waals surface area contributed by atoms with E-state index < -0.39 is 11.7 Å². The second kappa shape index (κ2) is 5.45. The Morgan fingerprint density at radius 2 is 2.10 bits per heavy atom. The number of anilines is 1. The number of hydrogen-bond acceptors (Lipinski definition) is 2. The summed E-state index contributed by atoms with van der Waals surface area (Å²) in [5.74, 6) is 0.320. The Bertz CT molecular complexity index is 490. The molecule has 112 valence electrons. The number of halogens is 4. The molecule has 0 spiro atoms. The first-order chi connectivity index (χ1) is 9.27. The van der Waals surface area contributed by atoms with Gasteiger partial charge in [0.2, 0.25) is 0 Å². The van der Waals surface area contributed by atoms with E-state index in [0.29, 0.717) is 18.2 Å². The summed E-state index contributed by atoms with van der Waals surface area (Å²) in [6.07, 6.45) is -1.49. The smallest absolute Gasteiger partial charge is 0.378 e. The molecule has 2 atom stereocenters. The molecule has 0 heterocycles. The molecule has 1 aliphatic rings. The van der Waals surface area contributed by atoms with Crippen LogP contribution in [0.3, 0.4) is 0 Å². The van der Waals surface area contributed by atoms with Gasteiger partial charge in [0.05, 0.1) is 11.1 Å². The van der Waals surface area contributed by atoms with Crippen molar-refractivity contribution in [3.8, 4) is 0 Å². The van der Waals surface area contributed by atoms with Crippen molar-refractivity contribution in [2.24, 2.45) is 11.7 Å². The van der Waals surface area contributed by atoms with Crippen molar-refractivity contribution >= 4 is 17.3 Å². The maximum Gasteiger partial charge on any atom is 0.416 e. The molecular formula is C14H18ClF3N2. The van der Waals surface area contributed by atoms with E-state index in [4.69, 9.17) is 17.3 Å². The van der Waals surface area contributed by atoms with E-state index >= 15 is 0 Å². The Hall–Kier alpha value is -0.940. The maximum absolute atomic E-state index is 12.8. The first-order valence-electron chi connectivity index (χ1n) is 6.63. The Morgan fingerprint density at radius 3 is 2.60 bits per heavy atom. The van der Waals surface area contributed by atoms with E-state index in [0.717, 1.165) is 31.4 Å². The molecule has 2 rings (SSSR count). The van der Waals surface area contributed by atoms with Gasteiger partial charge >= 0.3 is 6.18 Å². The van der Waals surface area contributed by atoms with Gasteiger partial charge in [0.1, 0.15) is 0 Å². The summed E-state index contributed by atoms with van der Waals surface area (Å²) in [4.78, 5) is 0. The SMILES string of the molecule is CC1CCCC1(CN)Nc1cc(Cl)cc(C(F)(F)F)c1. The van der Waals surface area contributed by atoms with Crippen LogP contribution in [0.1, 0.15) is 31.7 Å². The third-order valence-electron chi connectivity index (χ3n) is 4.19. The predicted octanol–water partition coefficient (Wildman–Crippen LogP) is 4.29. The highest BCUT2D eigenvalue weighted by atomic mass is 35.5. The van der Waals surface area contributed by atoms with Crippen LogP contribution in [0.15, 0.2) is 18.2 Å². The van der Waals surface area contributed by atoms with Crippen molar-refractivity contribution in [2.75, 3.05) is 11.9 Å². The van der Waals surface area contributed by atoms with Crippen LogP contribution in [0.2, 0.25) is 5.02 Å². The summed E-state index contributed by atoms with van der Waals surface area (Å²) < 4.78 is 38.4. The molecule has 20 heavy (non-hydrogen) atoms. The standard InChI is InChI=1S/C14H18ClF3N2/c1-9-3-2-4-13(9,8-19)20-12-6-10(14(16,17)18)5-11(15)7-12/h5-7,9,20H,2-4,8,19H2,1H3.